The van der Waals surface area contributed by atoms with Gasteiger partial charge in [0, 0.05) is 25.3 Å². The predicted molar refractivity (Wildman–Crippen MR) is 70.6 cm³/mol. The molecule has 0 atom stereocenters. The zero-order valence-electron chi connectivity index (χ0n) is 10.9. The number of hydrogen-bond donors (Lipinski definition) is 0. The number of esters is 2. The van der Waals surface area contributed by atoms with Gasteiger partial charge in [-0.05, 0) is 24.3 Å². The Labute approximate surface area is 114 Å². The molecule has 20 heavy (non-hydrogen) atoms. The van der Waals surface area contributed by atoms with Crippen LogP contribution >= 0.6 is 0 Å². The van der Waals surface area contributed by atoms with Gasteiger partial charge in [0.25, 0.3) is 0 Å². The third-order valence-corrected chi connectivity index (χ3v) is 2.36. The van der Waals surface area contributed by atoms with E-state index in [1.54, 1.807) is 6.07 Å². The zero-order chi connectivity index (χ0) is 14.7. The molecule has 6 heteroatoms. The van der Waals surface area contributed by atoms with Crippen molar-refractivity contribution in [2.75, 3.05) is 0 Å². The van der Waals surface area contributed by atoms with Gasteiger partial charge < -0.3 is 9.47 Å². The van der Waals surface area contributed by atoms with E-state index in [1.165, 1.54) is 38.1 Å². The van der Waals surface area contributed by atoms with Crippen molar-refractivity contribution in [3.05, 3.63) is 40.6 Å². The SMILES string of the molecule is CC(=O)Oc1ccc2cc(OC(C)=O)c(=O)ccc2n1. The number of carbonyl (C=O) groups excluding carboxylic acids is 2. The first kappa shape index (κ1) is 13.7. The Kier molecular flexibility index (Phi) is 3.74. The zero-order valence-corrected chi connectivity index (χ0v) is 10.9. The normalized spacial score (nSPS) is 10.1. The molecule has 0 unspecified atom stereocenters. The Hall–Kier alpha value is -2.76. The summed E-state index contributed by atoms with van der Waals surface area (Å²) in [5, 5.41) is 0.583. The molecule has 0 saturated heterocycles. The molecular weight excluding hydrogens is 262 g/mol. The van der Waals surface area contributed by atoms with Crippen molar-refractivity contribution < 1.29 is 19.1 Å². The van der Waals surface area contributed by atoms with Crippen LogP contribution in [-0.4, -0.2) is 16.9 Å². The van der Waals surface area contributed by atoms with E-state index in [0.29, 0.717) is 10.9 Å². The largest absolute Gasteiger partial charge is 0.423 e. The van der Waals surface area contributed by atoms with Gasteiger partial charge in [-0.25, -0.2) is 4.98 Å². The lowest BCUT2D eigenvalue weighted by Crippen LogP contribution is -2.08. The Bertz CT molecular complexity index is 754. The van der Waals surface area contributed by atoms with Crippen LogP contribution in [0.4, 0.5) is 0 Å². The fourth-order valence-electron chi connectivity index (χ4n) is 1.61. The molecule has 2 aromatic rings. The summed E-state index contributed by atoms with van der Waals surface area (Å²) in [6, 6.07) is 7.24. The fourth-order valence-corrected chi connectivity index (χ4v) is 1.61. The second-order valence-corrected chi connectivity index (χ2v) is 4.02. The van der Waals surface area contributed by atoms with E-state index in [2.05, 4.69) is 4.98 Å². The lowest BCUT2D eigenvalue weighted by Gasteiger charge is -2.00. The van der Waals surface area contributed by atoms with Gasteiger partial charge in [0.2, 0.25) is 11.3 Å². The van der Waals surface area contributed by atoms with Crippen LogP contribution < -0.4 is 14.9 Å². The van der Waals surface area contributed by atoms with E-state index < -0.39 is 17.4 Å². The molecule has 1 aromatic heterocycles. The van der Waals surface area contributed by atoms with Crippen LogP contribution in [0.5, 0.6) is 11.6 Å². The quantitative estimate of drug-likeness (QED) is 0.770. The van der Waals surface area contributed by atoms with Gasteiger partial charge in [-0.15, -0.1) is 0 Å². The van der Waals surface area contributed by atoms with Crippen LogP contribution in [0, 0.1) is 0 Å². The van der Waals surface area contributed by atoms with Crippen molar-refractivity contribution >= 4 is 22.8 Å². The van der Waals surface area contributed by atoms with Gasteiger partial charge in [0.1, 0.15) is 0 Å². The van der Waals surface area contributed by atoms with Gasteiger partial charge in [-0.3, -0.25) is 14.4 Å². The number of carbonyl (C=O) groups is 2. The highest BCUT2D eigenvalue weighted by atomic mass is 16.5. The molecule has 1 heterocycles. The number of rotatable bonds is 2. The van der Waals surface area contributed by atoms with E-state index >= 15 is 0 Å². The van der Waals surface area contributed by atoms with E-state index in [-0.39, 0.29) is 11.6 Å². The summed E-state index contributed by atoms with van der Waals surface area (Å²) in [4.78, 5) is 37.6. The molecule has 0 amide bonds. The van der Waals surface area contributed by atoms with Crippen molar-refractivity contribution in [2.24, 2.45) is 0 Å². The van der Waals surface area contributed by atoms with E-state index in [1.807, 2.05) is 0 Å². The molecule has 0 fully saturated rings. The molecule has 0 spiro atoms. The highest BCUT2D eigenvalue weighted by Crippen LogP contribution is 2.18. The monoisotopic (exact) mass is 273 g/mol. The maximum atomic E-state index is 11.7. The van der Waals surface area contributed by atoms with Crippen molar-refractivity contribution in [3.8, 4) is 11.6 Å². The number of aromatic nitrogens is 1. The van der Waals surface area contributed by atoms with Crippen LogP contribution in [0.25, 0.3) is 10.9 Å². The third-order valence-electron chi connectivity index (χ3n) is 2.36. The molecule has 0 aliphatic carbocycles. The predicted octanol–water partition coefficient (Wildman–Crippen LogP) is 1.45. The first-order chi connectivity index (χ1) is 9.45. The van der Waals surface area contributed by atoms with Gasteiger partial charge in [0.05, 0.1) is 5.52 Å². The first-order valence-corrected chi connectivity index (χ1v) is 5.77. The van der Waals surface area contributed by atoms with Crippen molar-refractivity contribution in [1.29, 1.82) is 0 Å². The number of ether oxygens (including phenoxy) is 2. The molecule has 0 N–H and O–H groups in total. The maximum Gasteiger partial charge on any atom is 0.309 e. The average Bonchev–Trinajstić information content (AvgIpc) is 2.49. The lowest BCUT2D eigenvalue weighted by atomic mass is 10.3. The van der Waals surface area contributed by atoms with E-state index in [0.717, 1.165) is 0 Å². The van der Waals surface area contributed by atoms with Crippen LogP contribution in [0.3, 0.4) is 0 Å². The van der Waals surface area contributed by atoms with E-state index in [9.17, 15) is 14.4 Å². The number of pyridine rings is 1. The Morgan fingerprint density at radius 1 is 1.00 bits per heavy atom. The van der Waals surface area contributed by atoms with Crippen LogP contribution in [0.1, 0.15) is 13.8 Å². The molecule has 0 aliphatic heterocycles. The molecule has 0 radical (unpaired) electrons. The second kappa shape index (κ2) is 5.48. The van der Waals surface area contributed by atoms with Gasteiger partial charge in [-0.2, -0.15) is 0 Å². The standard InChI is InChI=1S/C14H11NO5/c1-8(16)19-13-7-10-3-6-14(20-9(2)17)15-11(10)4-5-12(13)18/h3-7H,1-2H3. The first-order valence-electron chi connectivity index (χ1n) is 5.77. The smallest absolute Gasteiger partial charge is 0.309 e. The van der Waals surface area contributed by atoms with Crippen LogP contribution in [0.2, 0.25) is 0 Å². The lowest BCUT2D eigenvalue weighted by molar-refractivity contribution is -0.133. The Morgan fingerprint density at radius 3 is 2.35 bits per heavy atom. The molecule has 0 saturated carbocycles. The molecule has 2 rings (SSSR count). The van der Waals surface area contributed by atoms with Gasteiger partial charge in [-0.1, -0.05) is 0 Å². The maximum absolute atomic E-state index is 11.7. The summed E-state index contributed by atoms with van der Waals surface area (Å²) in [6.07, 6.45) is 0. The van der Waals surface area contributed by atoms with Gasteiger partial charge >= 0.3 is 11.9 Å². The fraction of sp³-hybridized carbons (Fsp3) is 0.143. The second-order valence-electron chi connectivity index (χ2n) is 4.02. The van der Waals surface area contributed by atoms with Gasteiger partial charge in [0.15, 0.2) is 5.75 Å². The molecule has 1 aromatic carbocycles. The number of nitrogens with zero attached hydrogens (tertiary/aromatic N) is 1. The Balaban J connectivity index is 2.57. The minimum atomic E-state index is -0.578. The molecule has 0 aliphatic rings. The third kappa shape index (κ3) is 3.17. The van der Waals surface area contributed by atoms with Crippen LogP contribution in [-0.2, 0) is 9.59 Å². The van der Waals surface area contributed by atoms with Crippen molar-refractivity contribution in [1.82, 2.24) is 4.98 Å². The molecular formula is C14H11NO5. The summed E-state index contributed by atoms with van der Waals surface area (Å²) < 4.78 is 9.71. The summed E-state index contributed by atoms with van der Waals surface area (Å²) in [5.41, 5.74) is 0.00601. The summed E-state index contributed by atoms with van der Waals surface area (Å²) in [7, 11) is 0. The topological polar surface area (TPSA) is 82.6 Å². The minimum Gasteiger partial charge on any atom is -0.423 e. The minimum absolute atomic E-state index is 0.0745. The summed E-state index contributed by atoms with van der Waals surface area (Å²) >= 11 is 0. The summed E-state index contributed by atoms with van der Waals surface area (Å²) in [6.45, 7) is 2.48. The van der Waals surface area contributed by atoms with Crippen molar-refractivity contribution in [3.63, 3.8) is 0 Å². The number of fused-ring (bicyclic) bond motifs is 1. The Morgan fingerprint density at radius 2 is 1.70 bits per heavy atom. The van der Waals surface area contributed by atoms with Crippen molar-refractivity contribution in [2.45, 2.75) is 13.8 Å². The number of hydrogen-bond acceptors (Lipinski definition) is 6. The highest BCUT2D eigenvalue weighted by Gasteiger charge is 2.06. The molecule has 102 valence electrons. The van der Waals surface area contributed by atoms with E-state index in [4.69, 9.17) is 9.47 Å². The average molecular weight is 273 g/mol. The molecule has 6 nitrogen and oxygen atoms in total. The molecule has 0 bridgehead atoms. The summed E-state index contributed by atoms with van der Waals surface area (Å²) in [5.74, 6) is -1.000. The highest BCUT2D eigenvalue weighted by molar-refractivity contribution is 5.81. The van der Waals surface area contributed by atoms with Crippen LogP contribution in [0.15, 0.2) is 35.1 Å².